The molecular weight excluding hydrogens is 140 g/mol. The molecule has 0 amide bonds. The van der Waals surface area contributed by atoms with Gasteiger partial charge in [0.1, 0.15) is 11.5 Å². The van der Waals surface area contributed by atoms with E-state index in [1.807, 2.05) is 13.8 Å². The van der Waals surface area contributed by atoms with Gasteiger partial charge in [-0.1, -0.05) is 6.92 Å². The van der Waals surface area contributed by atoms with E-state index in [0.29, 0.717) is 5.69 Å². The maximum Gasteiger partial charge on any atom is 0.179 e. The molecular formula is C8H12N2O. The molecule has 0 spiro atoms. The lowest BCUT2D eigenvalue weighted by atomic mass is 10.2. The van der Waals surface area contributed by atoms with Gasteiger partial charge in [0.05, 0.1) is 0 Å². The van der Waals surface area contributed by atoms with Gasteiger partial charge >= 0.3 is 0 Å². The van der Waals surface area contributed by atoms with Crippen molar-refractivity contribution in [3.63, 3.8) is 0 Å². The van der Waals surface area contributed by atoms with Gasteiger partial charge in [-0.2, -0.15) is 0 Å². The summed E-state index contributed by atoms with van der Waals surface area (Å²) in [6.07, 6.45) is 0.829. The zero-order chi connectivity index (χ0) is 8.43. The minimum absolute atomic E-state index is 0.0335. The van der Waals surface area contributed by atoms with Crippen LogP contribution in [0.25, 0.3) is 0 Å². The number of Topliss-reactive ketones (excluding diaryl/α,β-unsaturated/α-hetero) is 1. The summed E-state index contributed by atoms with van der Waals surface area (Å²) in [5.74, 6) is 0.846. The molecule has 0 aliphatic carbocycles. The molecule has 3 nitrogen and oxygen atoms in total. The Bertz CT molecular complexity index is 276. The average molecular weight is 152 g/mol. The van der Waals surface area contributed by atoms with Crippen LogP contribution in [-0.2, 0) is 6.42 Å². The van der Waals surface area contributed by atoms with Crippen LogP contribution in [0.1, 0.15) is 35.9 Å². The summed E-state index contributed by atoms with van der Waals surface area (Å²) < 4.78 is 0. The van der Waals surface area contributed by atoms with Crippen molar-refractivity contribution in [1.29, 1.82) is 0 Å². The molecule has 0 aliphatic rings. The van der Waals surface area contributed by atoms with E-state index in [9.17, 15) is 4.79 Å². The number of nitrogens with one attached hydrogen (secondary N) is 1. The maximum absolute atomic E-state index is 11.0. The fourth-order valence-corrected chi connectivity index (χ4v) is 1.09. The Morgan fingerprint density at radius 2 is 2.27 bits per heavy atom. The van der Waals surface area contributed by atoms with Crippen LogP contribution in [-0.4, -0.2) is 15.8 Å². The highest BCUT2D eigenvalue weighted by Crippen LogP contribution is 2.06. The summed E-state index contributed by atoms with van der Waals surface area (Å²) in [6.45, 7) is 5.39. The smallest absolute Gasteiger partial charge is 0.179 e. The van der Waals surface area contributed by atoms with Crippen molar-refractivity contribution in [2.45, 2.75) is 27.2 Å². The molecule has 0 saturated heterocycles. The Kier molecular flexibility index (Phi) is 2.08. The van der Waals surface area contributed by atoms with Crippen LogP contribution >= 0.6 is 0 Å². The number of hydrogen-bond donors (Lipinski definition) is 1. The molecule has 1 rings (SSSR count). The van der Waals surface area contributed by atoms with E-state index in [-0.39, 0.29) is 5.78 Å². The summed E-state index contributed by atoms with van der Waals surface area (Å²) >= 11 is 0. The molecule has 0 atom stereocenters. The number of carbonyl (C=O) groups excluding carboxylic acids is 1. The van der Waals surface area contributed by atoms with E-state index in [2.05, 4.69) is 9.97 Å². The Morgan fingerprint density at radius 1 is 1.64 bits per heavy atom. The van der Waals surface area contributed by atoms with Gasteiger partial charge in [-0.05, 0) is 13.3 Å². The summed E-state index contributed by atoms with van der Waals surface area (Å²) in [6, 6.07) is 0. The number of nitrogens with zero attached hydrogens (tertiary/aromatic N) is 1. The largest absolute Gasteiger partial charge is 0.345 e. The fourth-order valence-electron chi connectivity index (χ4n) is 1.09. The summed E-state index contributed by atoms with van der Waals surface area (Å²) in [5, 5.41) is 0. The third-order valence-electron chi connectivity index (χ3n) is 1.58. The van der Waals surface area contributed by atoms with Gasteiger partial charge in [-0.3, -0.25) is 4.79 Å². The first-order valence-corrected chi connectivity index (χ1v) is 3.71. The molecule has 0 saturated carbocycles. The number of aromatic nitrogens is 2. The van der Waals surface area contributed by atoms with Crippen molar-refractivity contribution in [3.8, 4) is 0 Å². The molecule has 0 fully saturated rings. The van der Waals surface area contributed by atoms with E-state index < -0.39 is 0 Å². The maximum atomic E-state index is 11.0. The fraction of sp³-hybridized carbons (Fsp3) is 0.500. The van der Waals surface area contributed by atoms with Gasteiger partial charge in [0, 0.05) is 12.6 Å². The number of aromatic amines is 1. The number of hydrogen-bond acceptors (Lipinski definition) is 2. The van der Waals surface area contributed by atoms with Crippen molar-refractivity contribution < 1.29 is 4.79 Å². The van der Waals surface area contributed by atoms with Gasteiger partial charge in [-0.25, -0.2) is 4.98 Å². The topological polar surface area (TPSA) is 45.8 Å². The molecule has 0 bridgehead atoms. The molecule has 0 aliphatic heterocycles. The van der Waals surface area contributed by atoms with Gasteiger partial charge < -0.3 is 4.98 Å². The third kappa shape index (κ3) is 1.48. The number of carbonyl (C=O) groups is 1. The van der Waals surface area contributed by atoms with Gasteiger partial charge in [0.25, 0.3) is 0 Å². The average Bonchev–Trinajstić information content (AvgIpc) is 2.30. The van der Waals surface area contributed by atoms with Crippen molar-refractivity contribution in [2.75, 3.05) is 0 Å². The van der Waals surface area contributed by atoms with Crippen molar-refractivity contribution in [3.05, 3.63) is 17.2 Å². The number of ketones is 1. The first-order chi connectivity index (χ1) is 5.15. The lowest BCUT2D eigenvalue weighted by molar-refractivity contribution is 0.101. The van der Waals surface area contributed by atoms with Gasteiger partial charge in [0.2, 0.25) is 0 Å². The lowest BCUT2D eigenvalue weighted by Crippen LogP contribution is -1.97. The normalized spacial score (nSPS) is 10.1. The zero-order valence-electron chi connectivity index (χ0n) is 7.06. The van der Waals surface area contributed by atoms with E-state index in [1.54, 1.807) is 0 Å². The summed E-state index contributed by atoms with van der Waals surface area (Å²) in [7, 11) is 0. The standard InChI is InChI=1S/C8H12N2O/c1-4-7-8(5(2)11)10-6(3)9-7/h4H2,1-3H3,(H,9,10). The highest BCUT2D eigenvalue weighted by molar-refractivity contribution is 5.93. The van der Waals surface area contributed by atoms with Gasteiger partial charge in [-0.15, -0.1) is 0 Å². The Morgan fingerprint density at radius 3 is 2.64 bits per heavy atom. The predicted octanol–water partition coefficient (Wildman–Crippen LogP) is 1.48. The Labute approximate surface area is 65.8 Å². The quantitative estimate of drug-likeness (QED) is 0.652. The van der Waals surface area contributed by atoms with Crippen LogP contribution in [0, 0.1) is 6.92 Å². The van der Waals surface area contributed by atoms with Crippen LogP contribution in [0.3, 0.4) is 0 Å². The molecule has 0 radical (unpaired) electrons. The number of rotatable bonds is 2. The molecule has 3 heteroatoms. The Hall–Kier alpha value is -1.12. The highest BCUT2D eigenvalue weighted by atomic mass is 16.1. The molecule has 0 aromatic carbocycles. The highest BCUT2D eigenvalue weighted by Gasteiger charge is 2.09. The molecule has 1 heterocycles. The van der Waals surface area contributed by atoms with Crippen molar-refractivity contribution in [2.24, 2.45) is 0 Å². The predicted molar refractivity (Wildman–Crippen MR) is 42.7 cm³/mol. The summed E-state index contributed by atoms with van der Waals surface area (Å²) in [5.41, 5.74) is 1.53. The van der Waals surface area contributed by atoms with Crippen molar-refractivity contribution >= 4 is 5.78 Å². The monoisotopic (exact) mass is 152 g/mol. The zero-order valence-corrected chi connectivity index (χ0v) is 7.06. The van der Waals surface area contributed by atoms with E-state index in [0.717, 1.165) is 17.9 Å². The lowest BCUT2D eigenvalue weighted by Gasteiger charge is -1.91. The second-order valence-corrected chi connectivity index (χ2v) is 2.56. The van der Waals surface area contributed by atoms with E-state index >= 15 is 0 Å². The molecule has 1 aromatic rings. The molecule has 1 aromatic heterocycles. The van der Waals surface area contributed by atoms with Crippen LogP contribution < -0.4 is 0 Å². The van der Waals surface area contributed by atoms with Crippen LogP contribution in [0.5, 0.6) is 0 Å². The minimum atomic E-state index is 0.0335. The second-order valence-electron chi connectivity index (χ2n) is 2.56. The summed E-state index contributed by atoms with van der Waals surface area (Å²) in [4.78, 5) is 18.1. The molecule has 11 heavy (non-hydrogen) atoms. The SMILES string of the molecule is CCc1[nH]c(C)nc1C(C)=O. The number of aryl methyl sites for hydroxylation is 2. The second kappa shape index (κ2) is 2.86. The van der Waals surface area contributed by atoms with Gasteiger partial charge in [0.15, 0.2) is 5.78 Å². The van der Waals surface area contributed by atoms with E-state index in [1.165, 1.54) is 6.92 Å². The third-order valence-corrected chi connectivity index (χ3v) is 1.58. The number of H-pyrrole nitrogens is 1. The van der Waals surface area contributed by atoms with E-state index in [4.69, 9.17) is 0 Å². The molecule has 60 valence electrons. The first-order valence-electron chi connectivity index (χ1n) is 3.71. The van der Waals surface area contributed by atoms with Crippen LogP contribution in [0.4, 0.5) is 0 Å². The first kappa shape index (κ1) is 7.98. The number of imidazole rings is 1. The van der Waals surface area contributed by atoms with Crippen LogP contribution in [0.15, 0.2) is 0 Å². The Balaban J connectivity index is 3.12. The minimum Gasteiger partial charge on any atom is -0.345 e. The molecule has 1 N–H and O–H groups in total. The molecule has 0 unspecified atom stereocenters. The van der Waals surface area contributed by atoms with Crippen LogP contribution in [0.2, 0.25) is 0 Å². The van der Waals surface area contributed by atoms with Crippen molar-refractivity contribution in [1.82, 2.24) is 9.97 Å².